The van der Waals surface area contributed by atoms with Crippen LogP contribution in [0.3, 0.4) is 0 Å². The van der Waals surface area contributed by atoms with Crippen LogP contribution in [0.1, 0.15) is 41.6 Å². The third kappa shape index (κ3) is 5.40. The molecule has 1 aliphatic rings. The number of nitro groups is 1. The van der Waals surface area contributed by atoms with Crippen molar-refractivity contribution in [2.45, 2.75) is 44.4 Å². The van der Waals surface area contributed by atoms with E-state index in [0.29, 0.717) is 29.3 Å². The van der Waals surface area contributed by atoms with Crippen molar-refractivity contribution in [2.24, 2.45) is 0 Å². The molecule has 9 heteroatoms. The molecule has 0 aliphatic heterocycles. The molecule has 0 saturated heterocycles. The zero-order valence-corrected chi connectivity index (χ0v) is 17.3. The first-order valence-corrected chi connectivity index (χ1v) is 10.1. The molecule has 0 aromatic heterocycles. The van der Waals surface area contributed by atoms with Crippen LogP contribution in [-0.4, -0.2) is 35.2 Å². The van der Waals surface area contributed by atoms with E-state index in [-0.39, 0.29) is 29.9 Å². The van der Waals surface area contributed by atoms with Gasteiger partial charge in [-0.25, -0.2) is 0 Å². The van der Waals surface area contributed by atoms with Gasteiger partial charge in [0.2, 0.25) is 0 Å². The second-order valence-electron chi connectivity index (χ2n) is 7.29. The summed E-state index contributed by atoms with van der Waals surface area (Å²) in [5.74, 6) is 0.110. The van der Waals surface area contributed by atoms with E-state index in [9.17, 15) is 20.0 Å². The maximum absolute atomic E-state index is 12.8. The van der Waals surface area contributed by atoms with E-state index in [4.69, 9.17) is 16.3 Å². The summed E-state index contributed by atoms with van der Waals surface area (Å²) in [6, 6.07) is 9.49. The van der Waals surface area contributed by atoms with Gasteiger partial charge < -0.3 is 20.5 Å². The van der Waals surface area contributed by atoms with Crippen molar-refractivity contribution in [2.75, 3.05) is 12.4 Å². The lowest BCUT2D eigenvalue weighted by molar-refractivity contribution is -0.384. The number of hydrogen-bond acceptors (Lipinski definition) is 6. The number of carbonyl (C=O) groups excluding carboxylic acids is 1. The highest BCUT2D eigenvalue weighted by Crippen LogP contribution is 2.28. The Morgan fingerprint density at radius 3 is 2.60 bits per heavy atom. The summed E-state index contributed by atoms with van der Waals surface area (Å²) in [5.41, 5.74) is 1.36. The number of halogens is 1. The van der Waals surface area contributed by atoms with Gasteiger partial charge in [0.15, 0.2) is 0 Å². The number of nitrogens with one attached hydrogen (secondary N) is 2. The minimum Gasteiger partial charge on any atom is -0.495 e. The summed E-state index contributed by atoms with van der Waals surface area (Å²) in [5, 5.41) is 27.4. The first-order valence-electron chi connectivity index (χ1n) is 9.71. The molecule has 0 atom stereocenters. The van der Waals surface area contributed by atoms with Crippen LogP contribution in [0.15, 0.2) is 36.4 Å². The van der Waals surface area contributed by atoms with Crippen molar-refractivity contribution in [3.8, 4) is 5.75 Å². The molecule has 3 rings (SSSR count). The minimum atomic E-state index is -0.527. The highest BCUT2D eigenvalue weighted by molar-refractivity contribution is 6.32. The normalized spacial score (nSPS) is 18.5. The SMILES string of the molecule is COc1ccc(CNC(=O)c2cc([N+](=O)[O-])ccc2N[C@H]2CC[C@@H](O)CC2)cc1Cl. The van der Waals surface area contributed by atoms with Gasteiger partial charge in [-0.15, -0.1) is 0 Å². The Balaban J connectivity index is 1.75. The molecule has 2 aromatic rings. The quantitative estimate of drug-likeness (QED) is 0.450. The highest BCUT2D eigenvalue weighted by atomic mass is 35.5. The third-order valence-corrected chi connectivity index (χ3v) is 5.48. The van der Waals surface area contributed by atoms with Crippen LogP contribution in [0, 0.1) is 10.1 Å². The summed E-state index contributed by atoms with van der Waals surface area (Å²) in [6.07, 6.45) is 2.61. The average molecular weight is 434 g/mol. The van der Waals surface area contributed by atoms with Crippen molar-refractivity contribution in [1.82, 2.24) is 5.32 Å². The number of carbonyl (C=O) groups is 1. The molecule has 0 heterocycles. The van der Waals surface area contributed by atoms with E-state index in [1.807, 2.05) is 0 Å². The highest BCUT2D eigenvalue weighted by Gasteiger charge is 2.22. The van der Waals surface area contributed by atoms with Crippen molar-refractivity contribution < 1.29 is 19.6 Å². The Hall–Kier alpha value is -2.84. The fraction of sp³-hybridized carbons (Fsp3) is 0.381. The Morgan fingerprint density at radius 1 is 1.23 bits per heavy atom. The number of non-ortho nitro benzene ring substituents is 1. The molecule has 2 aromatic carbocycles. The molecule has 1 aliphatic carbocycles. The number of rotatable bonds is 7. The predicted molar refractivity (Wildman–Crippen MR) is 114 cm³/mol. The van der Waals surface area contributed by atoms with E-state index in [1.54, 1.807) is 24.3 Å². The van der Waals surface area contributed by atoms with Gasteiger partial charge in [0.1, 0.15) is 5.75 Å². The number of benzene rings is 2. The van der Waals surface area contributed by atoms with E-state index < -0.39 is 10.8 Å². The van der Waals surface area contributed by atoms with Crippen molar-refractivity contribution in [1.29, 1.82) is 0 Å². The number of ether oxygens (including phenoxy) is 1. The van der Waals surface area contributed by atoms with Gasteiger partial charge in [-0.2, -0.15) is 0 Å². The maximum Gasteiger partial charge on any atom is 0.270 e. The van der Waals surface area contributed by atoms with Gasteiger partial charge in [0.05, 0.1) is 28.7 Å². The topological polar surface area (TPSA) is 114 Å². The fourth-order valence-electron chi connectivity index (χ4n) is 3.50. The Kier molecular flexibility index (Phi) is 7.12. The monoisotopic (exact) mass is 433 g/mol. The smallest absolute Gasteiger partial charge is 0.270 e. The Morgan fingerprint density at radius 2 is 1.97 bits per heavy atom. The number of amides is 1. The summed E-state index contributed by atoms with van der Waals surface area (Å²) in [4.78, 5) is 23.5. The molecule has 1 fully saturated rings. The lowest BCUT2D eigenvalue weighted by Gasteiger charge is -2.27. The summed E-state index contributed by atoms with van der Waals surface area (Å²) >= 11 is 6.12. The number of nitrogens with zero attached hydrogens (tertiary/aromatic N) is 1. The molecule has 0 radical (unpaired) electrons. The molecule has 0 unspecified atom stereocenters. The van der Waals surface area contributed by atoms with Crippen LogP contribution < -0.4 is 15.4 Å². The molecule has 1 saturated carbocycles. The van der Waals surface area contributed by atoms with E-state index in [0.717, 1.165) is 18.4 Å². The van der Waals surface area contributed by atoms with Crippen LogP contribution >= 0.6 is 11.6 Å². The minimum absolute atomic E-state index is 0.0989. The fourth-order valence-corrected chi connectivity index (χ4v) is 3.78. The molecular formula is C21H24ClN3O5. The molecule has 0 spiro atoms. The van der Waals surface area contributed by atoms with Gasteiger partial charge in [0, 0.05) is 30.4 Å². The number of methoxy groups -OCH3 is 1. The summed E-state index contributed by atoms with van der Waals surface area (Å²) in [7, 11) is 1.52. The van der Waals surface area contributed by atoms with Gasteiger partial charge in [-0.3, -0.25) is 14.9 Å². The Bertz CT molecular complexity index is 929. The van der Waals surface area contributed by atoms with Crippen LogP contribution in [-0.2, 0) is 6.54 Å². The first kappa shape index (κ1) is 21.9. The summed E-state index contributed by atoms with van der Waals surface area (Å²) in [6.45, 7) is 0.209. The van der Waals surface area contributed by atoms with Gasteiger partial charge in [0.25, 0.3) is 11.6 Å². The van der Waals surface area contributed by atoms with E-state index in [1.165, 1.54) is 19.2 Å². The second kappa shape index (κ2) is 9.77. The number of anilines is 1. The molecule has 8 nitrogen and oxygen atoms in total. The van der Waals surface area contributed by atoms with E-state index >= 15 is 0 Å². The van der Waals surface area contributed by atoms with Crippen molar-refractivity contribution in [3.63, 3.8) is 0 Å². The van der Waals surface area contributed by atoms with Gasteiger partial charge >= 0.3 is 0 Å². The number of hydrogen-bond donors (Lipinski definition) is 3. The lowest BCUT2D eigenvalue weighted by atomic mass is 9.92. The van der Waals surface area contributed by atoms with Gasteiger partial charge in [-0.05, 0) is 49.4 Å². The van der Waals surface area contributed by atoms with Gasteiger partial charge in [-0.1, -0.05) is 17.7 Å². The van der Waals surface area contributed by atoms with E-state index in [2.05, 4.69) is 10.6 Å². The first-order chi connectivity index (χ1) is 14.4. The molecular weight excluding hydrogens is 410 g/mol. The number of nitro benzene ring substituents is 1. The van der Waals surface area contributed by atoms with Crippen LogP contribution in [0.4, 0.5) is 11.4 Å². The number of aliphatic hydroxyl groups is 1. The van der Waals surface area contributed by atoms with Crippen LogP contribution in [0.5, 0.6) is 5.75 Å². The lowest BCUT2D eigenvalue weighted by Crippen LogP contribution is -2.30. The standard InChI is InChI=1S/C21H24ClN3O5/c1-30-20-9-2-13(10-18(20)22)12-23-21(27)17-11-15(25(28)29)5-8-19(17)24-14-3-6-16(26)7-4-14/h2,5,8-11,14,16,24,26H,3-4,6-7,12H2,1H3,(H,23,27)/t14-,16+. The van der Waals surface area contributed by atoms with Crippen LogP contribution in [0.2, 0.25) is 5.02 Å². The van der Waals surface area contributed by atoms with Crippen molar-refractivity contribution >= 4 is 28.9 Å². The average Bonchev–Trinajstić information content (AvgIpc) is 2.74. The molecule has 3 N–H and O–H groups in total. The molecule has 1 amide bonds. The second-order valence-corrected chi connectivity index (χ2v) is 7.70. The molecule has 30 heavy (non-hydrogen) atoms. The molecule has 0 bridgehead atoms. The molecule has 160 valence electrons. The van der Waals surface area contributed by atoms with Crippen molar-refractivity contribution in [3.05, 3.63) is 62.7 Å². The third-order valence-electron chi connectivity index (χ3n) is 5.18. The zero-order chi connectivity index (χ0) is 21.7. The predicted octanol–water partition coefficient (Wildman–Crippen LogP) is 3.90. The number of aliphatic hydroxyl groups excluding tert-OH is 1. The van der Waals surface area contributed by atoms with Crippen LogP contribution in [0.25, 0.3) is 0 Å². The summed E-state index contributed by atoms with van der Waals surface area (Å²) < 4.78 is 5.12. The Labute approximate surface area is 179 Å². The largest absolute Gasteiger partial charge is 0.495 e. The zero-order valence-electron chi connectivity index (χ0n) is 16.6. The maximum atomic E-state index is 12.8.